The number of benzene rings is 2. The highest BCUT2D eigenvalue weighted by atomic mass is 32.1. The van der Waals surface area contributed by atoms with Gasteiger partial charge in [0.2, 0.25) is 5.89 Å². The molecule has 2 fully saturated rings. The number of amides is 4. The fourth-order valence-corrected chi connectivity index (χ4v) is 7.21. The normalized spacial score (nSPS) is 20.3. The molecule has 0 radical (unpaired) electrons. The van der Waals surface area contributed by atoms with E-state index in [1.165, 1.54) is 22.7 Å². The molecule has 2 aromatic carbocycles. The number of hydrogen-bond donors (Lipinski definition) is 4. The summed E-state index contributed by atoms with van der Waals surface area (Å²) in [5.74, 6) is -1.03. The van der Waals surface area contributed by atoms with Crippen molar-refractivity contribution in [1.29, 1.82) is 0 Å². The quantitative estimate of drug-likeness (QED) is 0.175. The van der Waals surface area contributed by atoms with Gasteiger partial charge >= 0.3 is 0 Å². The van der Waals surface area contributed by atoms with Crippen LogP contribution < -0.4 is 20.4 Å². The van der Waals surface area contributed by atoms with E-state index in [0.717, 1.165) is 9.80 Å². The third kappa shape index (κ3) is 6.74. The van der Waals surface area contributed by atoms with Crippen molar-refractivity contribution in [2.45, 2.75) is 37.1 Å². The number of carbonyl (C=O) groups is 4. The molecule has 3 aromatic heterocycles. The largest absolute Gasteiger partial charge is 0.436 e. The molecule has 250 valence electrons. The summed E-state index contributed by atoms with van der Waals surface area (Å²) in [4.78, 5) is 61.3. The first kappa shape index (κ1) is 32.7. The minimum absolute atomic E-state index is 0.215. The number of aliphatic hydroxyl groups is 2. The number of thiophene rings is 2. The molecule has 49 heavy (non-hydrogen) atoms. The molecule has 4 amide bonds. The molecule has 2 aliphatic rings. The molecule has 4 N–H and O–H groups in total. The van der Waals surface area contributed by atoms with E-state index in [2.05, 4.69) is 15.6 Å². The van der Waals surface area contributed by atoms with Crippen LogP contribution in [0.3, 0.4) is 0 Å². The molecular formula is C35H31N5O7S2. The second-order valence-corrected chi connectivity index (χ2v) is 13.6. The molecule has 4 atom stereocenters. The van der Waals surface area contributed by atoms with Crippen molar-refractivity contribution in [3.05, 3.63) is 99.5 Å². The zero-order valence-electron chi connectivity index (χ0n) is 25.9. The molecule has 0 spiro atoms. The first-order chi connectivity index (χ1) is 23.8. The summed E-state index contributed by atoms with van der Waals surface area (Å²) in [5.41, 5.74) is 2.02. The zero-order valence-corrected chi connectivity index (χ0v) is 27.5. The number of carbonyl (C=O) groups excluding carboxylic acids is 4. The summed E-state index contributed by atoms with van der Waals surface area (Å²) in [6.45, 7) is 0.553. The van der Waals surface area contributed by atoms with Gasteiger partial charge in [-0.05, 0) is 84.3 Å². The summed E-state index contributed by atoms with van der Waals surface area (Å²) >= 11 is 2.48. The predicted octanol–water partition coefficient (Wildman–Crippen LogP) is 3.92. The molecule has 0 bridgehead atoms. The first-order valence-electron chi connectivity index (χ1n) is 15.6. The Labute approximate surface area is 288 Å². The van der Waals surface area contributed by atoms with Crippen molar-refractivity contribution in [3.63, 3.8) is 0 Å². The van der Waals surface area contributed by atoms with Gasteiger partial charge in [0.15, 0.2) is 5.76 Å². The Morgan fingerprint density at radius 3 is 1.57 bits per heavy atom. The lowest BCUT2D eigenvalue weighted by Gasteiger charge is -2.24. The van der Waals surface area contributed by atoms with Gasteiger partial charge < -0.3 is 25.3 Å². The van der Waals surface area contributed by atoms with E-state index in [0.29, 0.717) is 43.9 Å². The van der Waals surface area contributed by atoms with Crippen LogP contribution in [0.4, 0.5) is 11.4 Å². The summed E-state index contributed by atoms with van der Waals surface area (Å²) in [6, 6.07) is 18.9. The summed E-state index contributed by atoms with van der Waals surface area (Å²) in [5, 5.41) is 29.4. The lowest BCUT2D eigenvalue weighted by Crippen LogP contribution is -2.46. The number of aliphatic hydroxyl groups excluding tert-OH is 2. The van der Waals surface area contributed by atoms with Gasteiger partial charge in [-0.2, -0.15) is 0 Å². The third-order valence-corrected chi connectivity index (χ3v) is 10.1. The minimum atomic E-state index is -0.689. The fourth-order valence-electron chi connectivity index (χ4n) is 5.90. The molecule has 5 aromatic rings. The monoisotopic (exact) mass is 697 g/mol. The van der Waals surface area contributed by atoms with Crippen LogP contribution in [0.2, 0.25) is 0 Å². The molecule has 2 saturated heterocycles. The lowest BCUT2D eigenvalue weighted by molar-refractivity contribution is -0.120. The highest BCUT2D eigenvalue weighted by Gasteiger charge is 2.37. The van der Waals surface area contributed by atoms with Crippen LogP contribution in [0.15, 0.2) is 94.2 Å². The highest BCUT2D eigenvalue weighted by molar-refractivity contribution is 7.12. The van der Waals surface area contributed by atoms with Gasteiger partial charge in [0.1, 0.15) is 0 Å². The molecule has 0 unspecified atom stereocenters. The number of aromatic nitrogens is 1. The Balaban J connectivity index is 1.11. The average molecular weight is 698 g/mol. The number of hydrogen-bond acceptors (Lipinski definition) is 12. The SMILES string of the molecule is O=C(c1cccs1)N(C(=O)[C@@H]1C[C@@H](O)CN1)c1ccc(-c2cnc(-c3ccc(N(C(=O)c4cccs4)C(=O)[C@@H]4C[C@@H](O)CN4)cc3)o2)cc1. The van der Waals surface area contributed by atoms with Crippen LogP contribution in [0.25, 0.3) is 22.8 Å². The van der Waals surface area contributed by atoms with Gasteiger partial charge in [-0.1, -0.05) is 12.1 Å². The maximum Gasteiger partial charge on any atom is 0.275 e. The van der Waals surface area contributed by atoms with Crippen molar-refractivity contribution in [2.75, 3.05) is 22.9 Å². The second kappa shape index (κ2) is 14.0. The molecule has 7 rings (SSSR count). The van der Waals surface area contributed by atoms with Crippen molar-refractivity contribution >= 4 is 57.7 Å². The van der Waals surface area contributed by atoms with E-state index >= 15 is 0 Å². The van der Waals surface area contributed by atoms with E-state index in [1.54, 1.807) is 89.8 Å². The van der Waals surface area contributed by atoms with E-state index < -0.39 is 47.9 Å². The summed E-state index contributed by atoms with van der Waals surface area (Å²) < 4.78 is 6.07. The van der Waals surface area contributed by atoms with Crippen LogP contribution >= 0.6 is 22.7 Å². The van der Waals surface area contributed by atoms with Crippen LogP contribution in [-0.2, 0) is 9.59 Å². The Morgan fingerprint density at radius 1 is 0.694 bits per heavy atom. The summed E-state index contributed by atoms with van der Waals surface area (Å²) in [7, 11) is 0. The molecule has 0 aliphatic carbocycles. The van der Waals surface area contributed by atoms with Crippen LogP contribution in [0.1, 0.15) is 32.2 Å². The number of β-amino-alcohol motifs (C(OH)–C–C–N with tert-alkyl or cyclic N) is 2. The molecular weight excluding hydrogens is 667 g/mol. The standard InChI is InChI=1S/C35H31N5O7S2/c41-24-15-26(36-17-24)32(43)39(34(45)29-3-1-13-48-29)22-9-5-20(6-10-22)28-19-38-31(47-28)21-7-11-23(12-8-21)40(35(46)30-4-2-14-49-30)33(44)27-16-25(42)18-37-27/h1-14,19,24-27,36-37,41-42H,15-18H2/t24-,25-,26+,27+/m1/s1. The topological polar surface area (TPSA) is 165 Å². The Hall–Kier alpha value is -4.83. The Kier molecular flexibility index (Phi) is 9.31. The predicted molar refractivity (Wildman–Crippen MR) is 184 cm³/mol. The maximum atomic E-state index is 13.5. The van der Waals surface area contributed by atoms with E-state index in [9.17, 15) is 29.4 Å². The van der Waals surface area contributed by atoms with Gasteiger partial charge in [-0.3, -0.25) is 19.2 Å². The minimum Gasteiger partial charge on any atom is -0.436 e. The average Bonchev–Trinajstić information content (AvgIpc) is 3.96. The van der Waals surface area contributed by atoms with Crippen LogP contribution in [0.5, 0.6) is 0 Å². The van der Waals surface area contributed by atoms with Gasteiger partial charge in [0.25, 0.3) is 23.6 Å². The van der Waals surface area contributed by atoms with Gasteiger partial charge in [-0.25, -0.2) is 14.8 Å². The Morgan fingerprint density at radius 2 is 1.16 bits per heavy atom. The van der Waals surface area contributed by atoms with Crippen molar-refractivity contribution in [1.82, 2.24) is 15.6 Å². The molecule has 5 heterocycles. The number of nitrogens with zero attached hydrogens (tertiary/aromatic N) is 3. The van der Waals surface area contributed by atoms with Gasteiger partial charge in [-0.15, -0.1) is 22.7 Å². The third-order valence-electron chi connectivity index (χ3n) is 8.41. The molecule has 2 aliphatic heterocycles. The number of oxazole rings is 1. The number of nitrogens with one attached hydrogen (secondary N) is 2. The van der Waals surface area contributed by atoms with E-state index in [-0.39, 0.29) is 25.9 Å². The van der Waals surface area contributed by atoms with E-state index in [4.69, 9.17) is 4.42 Å². The first-order valence-corrected chi connectivity index (χ1v) is 17.4. The summed E-state index contributed by atoms with van der Waals surface area (Å²) in [6.07, 6.45) is 0.672. The molecule has 12 nitrogen and oxygen atoms in total. The van der Waals surface area contributed by atoms with Crippen molar-refractivity contribution in [3.8, 4) is 22.8 Å². The van der Waals surface area contributed by atoms with Crippen molar-refractivity contribution in [2.24, 2.45) is 0 Å². The van der Waals surface area contributed by atoms with E-state index in [1.807, 2.05) is 0 Å². The highest BCUT2D eigenvalue weighted by Crippen LogP contribution is 2.31. The smallest absolute Gasteiger partial charge is 0.275 e. The maximum absolute atomic E-state index is 13.5. The Bertz CT molecular complexity index is 1820. The second-order valence-electron chi connectivity index (χ2n) is 11.7. The number of rotatable bonds is 8. The van der Waals surface area contributed by atoms with Crippen LogP contribution in [0, 0.1) is 0 Å². The van der Waals surface area contributed by atoms with Gasteiger partial charge in [0.05, 0.1) is 51.6 Å². The number of anilines is 2. The molecule has 14 heteroatoms. The lowest BCUT2D eigenvalue weighted by atomic mass is 10.1. The molecule has 0 saturated carbocycles. The fraction of sp³-hybridized carbons (Fsp3) is 0.229. The van der Waals surface area contributed by atoms with Crippen molar-refractivity contribution < 1.29 is 33.8 Å². The zero-order chi connectivity index (χ0) is 34.1. The number of imide groups is 2. The van der Waals surface area contributed by atoms with Crippen LogP contribution in [-0.4, -0.2) is 76.2 Å². The van der Waals surface area contributed by atoms with Gasteiger partial charge in [0, 0.05) is 24.2 Å².